The molecule has 3 aromatic carbocycles. The zero-order valence-electron chi connectivity index (χ0n) is 23.7. The second-order valence-corrected chi connectivity index (χ2v) is 9.16. The molecule has 12 nitrogen and oxygen atoms in total. The van der Waals surface area contributed by atoms with E-state index >= 15 is 0 Å². The summed E-state index contributed by atoms with van der Waals surface area (Å²) in [4.78, 5) is 43.9. The van der Waals surface area contributed by atoms with Gasteiger partial charge < -0.3 is 35.5 Å². The fraction of sp³-hybridized carbons (Fsp3) is 0.161. The highest BCUT2D eigenvalue weighted by Gasteiger charge is 2.17. The summed E-state index contributed by atoms with van der Waals surface area (Å²) < 4.78 is 15.6. The van der Waals surface area contributed by atoms with E-state index in [2.05, 4.69) is 20.9 Å². The minimum atomic E-state index is -0.670. The lowest BCUT2D eigenvalue weighted by atomic mass is 10.2. The molecule has 0 aliphatic rings. The number of anilines is 4. The third kappa shape index (κ3) is 8.85. The lowest BCUT2D eigenvalue weighted by Gasteiger charge is -2.23. The van der Waals surface area contributed by atoms with Gasteiger partial charge in [0.2, 0.25) is 0 Å². The second kappa shape index (κ2) is 14.7. The smallest absolute Gasteiger partial charge is 0.411 e. The Hall–Kier alpha value is -5.78. The molecule has 4 aromatic rings. The van der Waals surface area contributed by atoms with Gasteiger partial charge in [-0.3, -0.25) is 15.1 Å². The number of hydrogen-bond donors (Lipinski definition) is 4. The van der Waals surface area contributed by atoms with Crippen molar-refractivity contribution in [3.63, 3.8) is 0 Å². The van der Waals surface area contributed by atoms with Gasteiger partial charge >= 0.3 is 12.1 Å². The molecule has 0 atom stereocenters. The molecule has 0 aliphatic carbocycles. The molecule has 1 aromatic heterocycles. The number of aromatic nitrogens is 1. The van der Waals surface area contributed by atoms with Crippen molar-refractivity contribution in [2.24, 2.45) is 0 Å². The van der Waals surface area contributed by atoms with E-state index in [4.69, 9.17) is 19.9 Å². The number of para-hydroxylation sites is 2. The van der Waals surface area contributed by atoms with E-state index in [9.17, 15) is 14.4 Å². The zero-order valence-corrected chi connectivity index (χ0v) is 23.7. The molecule has 0 saturated carbocycles. The Labute approximate surface area is 248 Å². The first-order valence-corrected chi connectivity index (χ1v) is 13.2. The topological polar surface area (TPSA) is 157 Å². The van der Waals surface area contributed by atoms with E-state index < -0.39 is 18.0 Å². The van der Waals surface area contributed by atoms with Gasteiger partial charge in [0, 0.05) is 24.1 Å². The summed E-state index contributed by atoms with van der Waals surface area (Å²) in [7, 11) is 3.11. The molecule has 222 valence electrons. The van der Waals surface area contributed by atoms with Crippen molar-refractivity contribution in [3.05, 3.63) is 102 Å². The fourth-order valence-corrected chi connectivity index (χ4v) is 3.88. The predicted octanol–water partition coefficient (Wildman–Crippen LogP) is 5.22. The number of methoxy groups -OCH3 is 2. The van der Waals surface area contributed by atoms with Gasteiger partial charge in [-0.15, -0.1) is 0 Å². The van der Waals surface area contributed by atoms with E-state index in [-0.39, 0.29) is 25.4 Å². The molecule has 0 spiro atoms. The third-order valence-electron chi connectivity index (χ3n) is 6.20. The van der Waals surface area contributed by atoms with E-state index in [1.165, 1.54) is 11.1 Å². The normalized spacial score (nSPS) is 10.3. The molecule has 1 heterocycles. The summed E-state index contributed by atoms with van der Waals surface area (Å²) in [6, 6.07) is 23.4. The highest BCUT2D eigenvalue weighted by molar-refractivity contribution is 6.04. The number of urea groups is 1. The monoisotopic (exact) mass is 584 g/mol. The van der Waals surface area contributed by atoms with Gasteiger partial charge in [0.15, 0.2) is 0 Å². The quantitative estimate of drug-likeness (QED) is 0.175. The number of amides is 4. The van der Waals surface area contributed by atoms with Crippen LogP contribution in [-0.2, 0) is 11.3 Å². The van der Waals surface area contributed by atoms with Gasteiger partial charge in [0.25, 0.3) is 5.91 Å². The lowest BCUT2D eigenvalue weighted by molar-refractivity contribution is 0.102. The Kier molecular flexibility index (Phi) is 10.3. The molecule has 4 amide bonds. The van der Waals surface area contributed by atoms with Gasteiger partial charge in [-0.25, -0.2) is 9.59 Å². The number of nitrogens with zero attached hydrogens (tertiary/aromatic N) is 2. The van der Waals surface area contributed by atoms with Crippen molar-refractivity contribution in [2.45, 2.75) is 6.54 Å². The summed E-state index contributed by atoms with van der Waals surface area (Å²) in [6.07, 6.45) is 0.838. The molecule has 0 radical (unpaired) electrons. The minimum absolute atomic E-state index is 0.0769. The van der Waals surface area contributed by atoms with Crippen LogP contribution in [0.3, 0.4) is 0 Å². The molecule has 4 rings (SSSR count). The van der Waals surface area contributed by atoms with Crippen LogP contribution < -0.4 is 31.2 Å². The van der Waals surface area contributed by atoms with Crippen LogP contribution in [0.25, 0.3) is 0 Å². The van der Waals surface area contributed by atoms with Crippen molar-refractivity contribution in [3.8, 4) is 11.5 Å². The van der Waals surface area contributed by atoms with Crippen molar-refractivity contribution in [1.29, 1.82) is 0 Å². The van der Waals surface area contributed by atoms with Gasteiger partial charge in [-0.05, 0) is 72.3 Å². The fourth-order valence-electron chi connectivity index (χ4n) is 3.88. The molecule has 0 aliphatic heterocycles. The highest BCUT2D eigenvalue weighted by atomic mass is 16.5. The number of benzene rings is 3. The van der Waals surface area contributed by atoms with E-state index in [1.807, 2.05) is 0 Å². The number of hydrogen-bond acceptors (Lipinski definition) is 8. The Balaban J connectivity index is 1.39. The summed E-state index contributed by atoms with van der Waals surface area (Å²) in [6.45, 7) is 0.129. The van der Waals surface area contributed by atoms with Gasteiger partial charge in [0.1, 0.15) is 23.8 Å². The number of nitrogen functional groups attached to an aromatic ring is 1. The van der Waals surface area contributed by atoms with Crippen LogP contribution in [0.4, 0.5) is 32.3 Å². The molecule has 43 heavy (non-hydrogen) atoms. The summed E-state index contributed by atoms with van der Waals surface area (Å²) >= 11 is 0. The molecule has 0 saturated heterocycles. The second-order valence-electron chi connectivity index (χ2n) is 9.16. The van der Waals surface area contributed by atoms with E-state index in [0.29, 0.717) is 39.8 Å². The molecule has 0 unspecified atom stereocenters. The van der Waals surface area contributed by atoms with Crippen LogP contribution in [0.1, 0.15) is 16.1 Å². The Morgan fingerprint density at radius 1 is 0.791 bits per heavy atom. The van der Waals surface area contributed by atoms with Gasteiger partial charge in [-0.2, -0.15) is 0 Å². The van der Waals surface area contributed by atoms with E-state index in [0.717, 1.165) is 0 Å². The van der Waals surface area contributed by atoms with Crippen molar-refractivity contribution in [1.82, 2.24) is 9.88 Å². The predicted molar refractivity (Wildman–Crippen MR) is 163 cm³/mol. The van der Waals surface area contributed by atoms with Gasteiger partial charge in [-0.1, -0.05) is 18.2 Å². The number of rotatable bonds is 11. The maximum atomic E-state index is 13.2. The SMILES string of the molecule is COc1ccc(NC(=O)OCCN(Cc2ccc(C(=O)Nc3ccccc3N)nc2)C(=O)Nc2ccc(OC)cc2)cc1. The summed E-state index contributed by atoms with van der Waals surface area (Å²) in [5.41, 5.74) is 8.75. The number of nitrogens with two attached hydrogens (primary N) is 1. The van der Waals surface area contributed by atoms with Crippen molar-refractivity contribution >= 4 is 40.8 Å². The Bertz CT molecular complexity index is 1530. The van der Waals surface area contributed by atoms with Crippen LogP contribution in [-0.4, -0.2) is 55.3 Å². The minimum Gasteiger partial charge on any atom is -0.497 e. The number of carbonyl (C=O) groups excluding carboxylic acids is 3. The third-order valence-corrected chi connectivity index (χ3v) is 6.20. The number of carbonyl (C=O) groups is 3. The molecular formula is C31H32N6O6. The molecule has 12 heteroatoms. The maximum absolute atomic E-state index is 13.2. The first-order chi connectivity index (χ1) is 20.8. The summed E-state index contributed by atoms with van der Waals surface area (Å²) in [5, 5.41) is 8.19. The average Bonchev–Trinajstić information content (AvgIpc) is 3.02. The van der Waals surface area contributed by atoms with Crippen LogP contribution in [0.5, 0.6) is 11.5 Å². The molecule has 0 bridgehead atoms. The van der Waals surface area contributed by atoms with Crippen molar-refractivity contribution < 1.29 is 28.6 Å². The van der Waals surface area contributed by atoms with Crippen LogP contribution in [0.15, 0.2) is 91.1 Å². The number of pyridine rings is 1. The average molecular weight is 585 g/mol. The number of ether oxygens (including phenoxy) is 3. The standard InChI is InChI=1S/C31H32N6O6/c1-41-24-12-8-22(9-13-24)34-30(39)37(17-18-43-31(40)35-23-10-14-25(42-2)15-11-23)20-21-7-16-28(33-19-21)29(38)36-27-6-4-3-5-26(27)32/h3-16,19H,17-18,20,32H2,1-2H3,(H,34,39)(H,35,40)(H,36,38). The number of nitrogens with one attached hydrogen (secondary N) is 3. The first kappa shape index (κ1) is 30.2. The zero-order chi connectivity index (χ0) is 30.6. The highest BCUT2D eigenvalue weighted by Crippen LogP contribution is 2.19. The molecule has 0 fully saturated rings. The van der Waals surface area contributed by atoms with Crippen molar-refractivity contribution in [2.75, 3.05) is 49.1 Å². The molecule has 5 N–H and O–H groups in total. The lowest BCUT2D eigenvalue weighted by Crippen LogP contribution is -2.37. The Morgan fingerprint density at radius 3 is 2.00 bits per heavy atom. The van der Waals surface area contributed by atoms with Crippen LogP contribution in [0.2, 0.25) is 0 Å². The van der Waals surface area contributed by atoms with Crippen LogP contribution in [0, 0.1) is 0 Å². The first-order valence-electron chi connectivity index (χ1n) is 13.2. The molecular weight excluding hydrogens is 552 g/mol. The largest absolute Gasteiger partial charge is 0.497 e. The maximum Gasteiger partial charge on any atom is 0.411 e. The van der Waals surface area contributed by atoms with Crippen LogP contribution >= 0.6 is 0 Å². The van der Waals surface area contributed by atoms with E-state index in [1.54, 1.807) is 99.1 Å². The Morgan fingerprint density at radius 2 is 1.42 bits per heavy atom. The van der Waals surface area contributed by atoms with Gasteiger partial charge in [0.05, 0.1) is 32.1 Å². The summed E-state index contributed by atoms with van der Waals surface area (Å²) in [5.74, 6) is 0.882.